The van der Waals surface area contributed by atoms with Crippen LogP contribution in [0, 0.1) is 22.2 Å². The Morgan fingerprint density at radius 2 is 1.81 bits per heavy atom. The number of carbonyl (C=O) groups is 1. The number of nitrogens with zero attached hydrogens (tertiary/aromatic N) is 2. The molecule has 1 aromatic rings. The van der Waals surface area contributed by atoms with E-state index in [-0.39, 0.29) is 11.6 Å². The van der Waals surface area contributed by atoms with E-state index >= 15 is 0 Å². The third-order valence-electron chi connectivity index (χ3n) is 2.48. The molecule has 0 fully saturated rings. The molecule has 0 aliphatic heterocycles. The van der Waals surface area contributed by atoms with E-state index in [1.807, 2.05) is 20.8 Å². The number of hydrogen-bond acceptors (Lipinski definition) is 5. The summed E-state index contributed by atoms with van der Waals surface area (Å²) in [5.74, 6) is -0.483. The molecule has 1 aromatic carbocycles. The predicted molar refractivity (Wildman–Crippen MR) is 83.1 cm³/mol. The zero-order valence-corrected chi connectivity index (χ0v) is 12.2. The van der Waals surface area contributed by atoms with Crippen LogP contribution < -0.4 is 16.5 Å². The topological polar surface area (TPSA) is 127 Å². The Labute approximate surface area is 123 Å². The molecule has 0 aliphatic carbocycles. The lowest BCUT2D eigenvalue weighted by molar-refractivity contribution is -0.123. The average molecular weight is 286 g/mol. The molecule has 0 heterocycles. The van der Waals surface area contributed by atoms with Crippen molar-refractivity contribution in [3.63, 3.8) is 0 Å². The smallest absolute Gasteiger partial charge is 0.229 e. The lowest BCUT2D eigenvalue weighted by Crippen LogP contribution is -2.27. The van der Waals surface area contributed by atoms with E-state index in [1.54, 1.807) is 30.3 Å². The molecule has 0 aliphatic rings. The maximum atomic E-state index is 11.8. The number of amidine groups is 1. The van der Waals surface area contributed by atoms with Crippen molar-refractivity contribution in [2.45, 2.75) is 20.8 Å². The minimum absolute atomic E-state index is 0.0791. The first kappa shape index (κ1) is 16.2. The highest BCUT2D eigenvalue weighted by Crippen LogP contribution is 2.19. The normalized spacial score (nSPS) is 11.4. The van der Waals surface area contributed by atoms with Gasteiger partial charge in [0.25, 0.3) is 0 Å². The van der Waals surface area contributed by atoms with E-state index in [9.17, 15) is 4.79 Å². The molecule has 21 heavy (non-hydrogen) atoms. The monoisotopic (exact) mass is 286 g/mol. The quantitative estimate of drug-likeness (QED) is 0.383. The summed E-state index contributed by atoms with van der Waals surface area (Å²) >= 11 is 0. The van der Waals surface area contributed by atoms with Crippen molar-refractivity contribution < 1.29 is 4.79 Å². The van der Waals surface area contributed by atoms with Gasteiger partial charge in [0.2, 0.25) is 11.6 Å². The molecule has 1 amide bonds. The van der Waals surface area contributed by atoms with Gasteiger partial charge in [0.1, 0.15) is 6.07 Å². The van der Waals surface area contributed by atoms with Gasteiger partial charge in [-0.25, -0.2) is 0 Å². The van der Waals surface area contributed by atoms with Crippen molar-refractivity contribution in [3.8, 4) is 6.07 Å². The van der Waals surface area contributed by atoms with E-state index in [4.69, 9.17) is 16.4 Å². The molecule has 0 aromatic heterocycles. The van der Waals surface area contributed by atoms with Gasteiger partial charge in [-0.3, -0.25) is 15.6 Å². The van der Waals surface area contributed by atoms with Gasteiger partial charge >= 0.3 is 0 Å². The van der Waals surface area contributed by atoms with Crippen LogP contribution in [0.1, 0.15) is 20.8 Å². The number of hydrogen-bond donors (Lipinski definition) is 4. The maximum Gasteiger partial charge on any atom is 0.229 e. The van der Waals surface area contributed by atoms with Gasteiger partial charge in [-0.2, -0.15) is 10.4 Å². The SMILES string of the molecule is CC(C)(C)C(=O)Nc1ccc(N/N=C(\C#N)C(=N)N)cc1. The number of hydrazone groups is 1. The van der Waals surface area contributed by atoms with Crippen molar-refractivity contribution in [2.75, 3.05) is 10.7 Å². The first-order valence-electron chi connectivity index (χ1n) is 6.23. The Morgan fingerprint density at radius 3 is 2.24 bits per heavy atom. The fourth-order valence-electron chi connectivity index (χ4n) is 1.21. The summed E-state index contributed by atoms with van der Waals surface area (Å²) in [6.45, 7) is 5.49. The summed E-state index contributed by atoms with van der Waals surface area (Å²) in [6, 6.07) is 8.51. The van der Waals surface area contributed by atoms with E-state index in [0.717, 1.165) is 0 Å². The van der Waals surface area contributed by atoms with Crippen LogP contribution >= 0.6 is 0 Å². The van der Waals surface area contributed by atoms with Crippen molar-refractivity contribution in [2.24, 2.45) is 16.3 Å². The molecule has 110 valence electrons. The second-order valence-corrected chi connectivity index (χ2v) is 5.38. The average Bonchev–Trinajstić information content (AvgIpc) is 2.39. The summed E-state index contributed by atoms with van der Waals surface area (Å²) in [5.41, 5.74) is 8.40. The van der Waals surface area contributed by atoms with Crippen LogP contribution in [0.3, 0.4) is 0 Å². The molecule has 0 unspecified atom stereocenters. The van der Waals surface area contributed by atoms with Crippen LogP contribution in [-0.4, -0.2) is 17.5 Å². The highest BCUT2D eigenvalue weighted by molar-refractivity contribution is 6.45. The Bertz CT molecular complexity index is 604. The second kappa shape index (κ2) is 6.52. The molecule has 5 N–H and O–H groups in total. The van der Waals surface area contributed by atoms with Crippen molar-refractivity contribution in [1.82, 2.24) is 0 Å². The highest BCUT2D eigenvalue weighted by Gasteiger charge is 2.20. The molecule has 0 saturated heterocycles. The molecule has 1 rings (SSSR count). The lowest BCUT2D eigenvalue weighted by atomic mass is 9.95. The van der Waals surface area contributed by atoms with Gasteiger partial charge in [-0.15, -0.1) is 0 Å². The molecule has 7 nitrogen and oxygen atoms in total. The summed E-state index contributed by atoms with van der Waals surface area (Å²) in [6.07, 6.45) is 0. The van der Waals surface area contributed by atoms with Gasteiger partial charge in [0, 0.05) is 11.1 Å². The van der Waals surface area contributed by atoms with Crippen LogP contribution in [0.4, 0.5) is 11.4 Å². The predicted octanol–water partition coefficient (Wildman–Crippen LogP) is 1.90. The van der Waals surface area contributed by atoms with Gasteiger partial charge in [0.05, 0.1) is 5.69 Å². The Balaban J connectivity index is 2.74. The van der Waals surface area contributed by atoms with Crippen molar-refractivity contribution >= 4 is 28.8 Å². The molecule has 7 heteroatoms. The molecule has 0 atom stereocenters. The standard InChI is InChI=1S/C14H18N6O/c1-14(2,3)13(21)18-9-4-6-10(7-5-9)19-20-11(8-15)12(16)17/h4-7,19H,1-3H3,(H3,16,17)(H,18,21)/b20-11+. The van der Waals surface area contributed by atoms with E-state index in [0.29, 0.717) is 11.4 Å². The molecule has 0 saturated carbocycles. The Morgan fingerprint density at radius 1 is 1.29 bits per heavy atom. The molecule has 0 bridgehead atoms. The number of nitrogens with two attached hydrogens (primary N) is 1. The third-order valence-corrected chi connectivity index (χ3v) is 2.48. The fourth-order valence-corrected chi connectivity index (χ4v) is 1.21. The Kier molecular flexibility index (Phi) is 5.02. The number of nitriles is 1. The molecule has 0 spiro atoms. The number of nitrogens with one attached hydrogen (secondary N) is 3. The molecule has 0 radical (unpaired) electrons. The zero-order valence-electron chi connectivity index (χ0n) is 12.2. The largest absolute Gasteiger partial charge is 0.382 e. The fraction of sp³-hybridized carbons (Fsp3) is 0.286. The second-order valence-electron chi connectivity index (χ2n) is 5.38. The number of amides is 1. The van der Waals surface area contributed by atoms with E-state index in [1.165, 1.54) is 0 Å². The molecular formula is C14H18N6O. The first-order valence-corrected chi connectivity index (χ1v) is 6.23. The van der Waals surface area contributed by atoms with Crippen LogP contribution in [0.25, 0.3) is 0 Å². The first-order chi connectivity index (χ1) is 9.74. The van der Waals surface area contributed by atoms with Gasteiger partial charge in [-0.1, -0.05) is 20.8 Å². The van der Waals surface area contributed by atoms with Gasteiger partial charge in [-0.05, 0) is 24.3 Å². The van der Waals surface area contributed by atoms with E-state index in [2.05, 4.69) is 15.8 Å². The number of rotatable bonds is 4. The summed E-state index contributed by atoms with van der Waals surface area (Å²) < 4.78 is 0. The number of carbonyl (C=O) groups excluding carboxylic acids is 1. The van der Waals surface area contributed by atoms with Crippen molar-refractivity contribution in [3.05, 3.63) is 24.3 Å². The van der Waals surface area contributed by atoms with Crippen LogP contribution in [0.2, 0.25) is 0 Å². The number of benzene rings is 1. The Hall–Kier alpha value is -2.88. The van der Waals surface area contributed by atoms with E-state index < -0.39 is 11.3 Å². The van der Waals surface area contributed by atoms with Crippen LogP contribution in [-0.2, 0) is 4.79 Å². The minimum Gasteiger partial charge on any atom is -0.382 e. The summed E-state index contributed by atoms with van der Waals surface area (Å²) in [5, 5.41) is 22.3. The van der Waals surface area contributed by atoms with Crippen LogP contribution in [0.15, 0.2) is 29.4 Å². The van der Waals surface area contributed by atoms with Gasteiger partial charge in [0.15, 0.2) is 5.84 Å². The number of anilines is 2. The van der Waals surface area contributed by atoms with Crippen molar-refractivity contribution in [1.29, 1.82) is 10.7 Å². The maximum absolute atomic E-state index is 11.8. The zero-order chi connectivity index (χ0) is 16.0. The summed E-state index contributed by atoms with van der Waals surface area (Å²) in [7, 11) is 0. The van der Waals surface area contributed by atoms with Crippen LogP contribution in [0.5, 0.6) is 0 Å². The van der Waals surface area contributed by atoms with Gasteiger partial charge < -0.3 is 11.1 Å². The summed E-state index contributed by atoms with van der Waals surface area (Å²) in [4.78, 5) is 11.8. The minimum atomic E-state index is -0.468. The third kappa shape index (κ3) is 4.95. The molecular weight excluding hydrogens is 268 g/mol. The lowest BCUT2D eigenvalue weighted by Gasteiger charge is -2.17. The highest BCUT2D eigenvalue weighted by atomic mass is 16.2.